The van der Waals surface area contributed by atoms with Crippen LogP contribution in [-0.2, 0) is 4.74 Å². The van der Waals surface area contributed by atoms with Gasteiger partial charge in [0.25, 0.3) is 0 Å². The van der Waals surface area contributed by atoms with E-state index in [1.807, 2.05) is 0 Å². The summed E-state index contributed by atoms with van der Waals surface area (Å²) in [5.74, 6) is -12.7. The van der Waals surface area contributed by atoms with Crippen molar-refractivity contribution in [3.8, 4) is 0 Å². The first kappa shape index (κ1) is 18.1. The van der Waals surface area contributed by atoms with Gasteiger partial charge in [0.15, 0.2) is 0 Å². The molecule has 1 nitrogen and oxygen atoms in total. The number of hydrogen-bond acceptors (Lipinski definition) is 1. The summed E-state index contributed by atoms with van der Waals surface area (Å²) in [4.78, 5) is 0. The number of ether oxygens (including phenoxy) is 1. The molecule has 0 aromatic carbocycles. The summed E-state index contributed by atoms with van der Waals surface area (Å²) in [6, 6.07) is 0. The van der Waals surface area contributed by atoms with Crippen LogP contribution in [0.3, 0.4) is 0 Å². The molecule has 13 heteroatoms. The van der Waals surface area contributed by atoms with E-state index in [2.05, 4.69) is 4.74 Å². The Labute approximate surface area is 95.7 Å². The van der Waals surface area contributed by atoms with Gasteiger partial charge in [-0.05, 0) is 0 Å². The van der Waals surface area contributed by atoms with Gasteiger partial charge in [-0.2, -0.15) is 52.7 Å². The Kier molecular flexibility index (Phi) is 4.38. The van der Waals surface area contributed by atoms with Crippen LogP contribution in [0.2, 0.25) is 0 Å². The van der Waals surface area contributed by atoms with Crippen LogP contribution in [0.5, 0.6) is 0 Å². The Hall–Kier alpha value is -0.880. The van der Waals surface area contributed by atoms with E-state index < -0.39 is 36.9 Å². The fourth-order valence-electron chi connectivity index (χ4n) is 0.596. The minimum Gasteiger partial charge on any atom is -0.325 e. The fourth-order valence-corrected chi connectivity index (χ4v) is 0.596. The van der Waals surface area contributed by atoms with Gasteiger partial charge in [-0.25, -0.2) is 0 Å². The molecular formula is C6H2F12O. The van der Waals surface area contributed by atoms with Crippen LogP contribution in [-0.4, -0.2) is 36.9 Å². The summed E-state index contributed by atoms with van der Waals surface area (Å²) in [7, 11) is 0. The standard InChI is InChI=1S/C6H2F12O/c7-2(8,4(10,11)12)1-19-3(9,5(13,14)15)6(16,17)18/h1H2. The molecule has 0 heterocycles. The van der Waals surface area contributed by atoms with Crippen molar-refractivity contribution in [2.24, 2.45) is 0 Å². The summed E-state index contributed by atoms with van der Waals surface area (Å²) in [6.45, 7) is -3.48. The first-order valence-corrected chi connectivity index (χ1v) is 3.86. The van der Waals surface area contributed by atoms with Crippen molar-refractivity contribution in [2.75, 3.05) is 6.61 Å². The highest BCUT2D eigenvalue weighted by Crippen LogP contribution is 2.48. The van der Waals surface area contributed by atoms with E-state index in [-0.39, 0.29) is 0 Å². The summed E-state index contributed by atoms with van der Waals surface area (Å²) in [6.07, 6.45) is -20.3. The maximum atomic E-state index is 12.6. The Morgan fingerprint density at radius 1 is 0.526 bits per heavy atom. The average Bonchev–Trinajstić information content (AvgIpc) is 2.08. The molecule has 0 aromatic rings. The number of alkyl halides is 12. The smallest absolute Gasteiger partial charge is 0.325 e. The van der Waals surface area contributed by atoms with E-state index in [0.29, 0.717) is 0 Å². The van der Waals surface area contributed by atoms with Gasteiger partial charge in [0.1, 0.15) is 6.61 Å². The highest BCUT2D eigenvalue weighted by atomic mass is 19.4. The van der Waals surface area contributed by atoms with Gasteiger partial charge in [0, 0.05) is 0 Å². The molecule has 0 N–H and O–H groups in total. The first-order chi connectivity index (χ1) is 7.96. The quantitative estimate of drug-likeness (QED) is 0.715. The molecule has 0 amide bonds. The highest BCUT2D eigenvalue weighted by Gasteiger charge is 2.75. The van der Waals surface area contributed by atoms with Gasteiger partial charge in [-0.1, -0.05) is 0 Å². The maximum absolute atomic E-state index is 12.6. The topological polar surface area (TPSA) is 9.23 Å². The zero-order valence-electron chi connectivity index (χ0n) is 8.15. The molecule has 19 heavy (non-hydrogen) atoms. The molecule has 0 aromatic heterocycles. The van der Waals surface area contributed by atoms with Gasteiger partial charge in [0.2, 0.25) is 0 Å². The third-order valence-corrected chi connectivity index (χ3v) is 1.60. The zero-order valence-corrected chi connectivity index (χ0v) is 8.15. The molecule has 0 fully saturated rings. The largest absolute Gasteiger partial charge is 0.458 e. The van der Waals surface area contributed by atoms with E-state index in [9.17, 15) is 52.7 Å². The van der Waals surface area contributed by atoms with Crippen molar-refractivity contribution in [3.05, 3.63) is 0 Å². The lowest BCUT2D eigenvalue weighted by molar-refractivity contribution is -0.442. The minimum absolute atomic E-state index is 2.16. The molecule has 0 bridgehead atoms. The van der Waals surface area contributed by atoms with Crippen LogP contribution in [0.25, 0.3) is 0 Å². The molecule has 0 spiro atoms. The van der Waals surface area contributed by atoms with Crippen molar-refractivity contribution >= 4 is 0 Å². The lowest BCUT2D eigenvalue weighted by Gasteiger charge is -2.31. The van der Waals surface area contributed by atoms with E-state index >= 15 is 0 Å². The monoisotopic (exact) mass is 318 g/mol. The predicted octanol–water partition coefficient (Wildman–Crippen LogP) is 3.99. The minimum atomic E-state index is -6.88. The number of halogens is 12. The average molecular weight is 318 g/mol. The molecule has 0 radical (unpaired) electrons. The first-order valence-electron chi connectivity index (χ1n) is 3.86. The molecule has 0 saturated heterocycles. The normalized spacial score (nSPS) is 15.8. The number of hydrogen-bond donors (Lipinski definition) is 0. The van der Waals surface area contributed by atoms with Crippen molar-refractivity contribution < 1.29 is 57.4 Å². The third kappa shape index (κ3) is 3.57. The van der Waals surface area contributed by atoms with E-state index in [1.54, 1.807) is 0 Å². The molecule has 0 aliphatic rings. The van der Waals surface area contributed by atoms with Crippen LogP contribution < -0.4 is 0 Å². The van der Waals surface area contributed by atoms with Crippen molar-refractivity contribution in [2.45, 2.75) is 30.3 Å². The Bertz CT molecular complexity index is 294. The molecule has 116 valence electrons. The molecule has 0 rings (SSSR count). The summed E-state index contributed by atoms with van der Waals surface area (Å²) in [5.41, 5.74) is 0. The van der Waals surface area contributed by atoms with Gasteiger partial charge in [-0.3, -0.25) is 0 Å². The summed E-state index contributed by atoms with van der Waals surface area (Å²) < 4.78 is 144. The lowest BCUT2D eigenvalue weighted by Crippen LogP contribution is -2.57. The van der Waals surface area contributed by atoms with Crippen LogP contribution in [0.1, 0.15) is 0 Å². The Morgan fingerprint density at radius 2 is 0.842 bits per heavy atom. The second-order valence-electron chi connectivity index (χ2n) is 3.08. The van der Waals surface area contributed by atoms with E-state index in [4.69, 9.17) is 0 Å². The van der Waals surface area contributed by atoms with Crippen molar-refractivity contribution in [1.29, 1.82) is 0 Å². The fraction of sp³-hybridized carbons (Fsp3) is 1.00. The van der Waals surface area contributed by atoms with Gasteiger partial charge < -0.3 is 4.74 Å². The third-order valence-electron chi connectivity index (χ3n) is 1.60. The molecule has 0 aliphatic carbocycles. The molecule has 0 atom stereocenters. The van der Waals surface area contributed by atoms with Crippen LogP contribution >= 0.6 is 0 Å². The van der Waals surface area contributed by atoms with Crippen LogP contribution in [0.4, 0.5) is 52.7 Å². The second-order valence-corrected chi connectivity index (χ2v) is 3.08. The molecule has 0 unspecified atom stereocenters. The van der Waals surface area contributed by atoms with E-state index in [0.717, 1.165) is 0 Å². The van der Waals surface area contributed by atoms with Gasteiger partial charge >= 0.3 is 30.3 Å². The summed E-state index contributed by atoms with van der Waals surface area (Å²) in [5, 5.41) is 0. The second kappa shape index (κ2) is 4.59. The van der Waals surface area contributed by atoms with Crippen LogP contribution in [0, 0.1) is 0 Å². The van der Waals surface area contributed by atoms with Crippen molar-refractivity contribution in [1.82, 2.24) is 0 Å². The molecule has 0 aliphatic heterocycles. The van der Waals surface area contributed by atoms with Gasteiger partial charge in [-0.15, -0.1) is 0 Å². The van der Waals surface area contributed by atoms with E-state index in [1.165, 1.54) is 0 Å². The highest BCUT2D eigenvalue weighted by molar-refractivity contribution is 4.87. The summed E-state index contributed by atoms with van der Waals surface area (Å²) >= 11 is 0. The Balaban J connectivity index is 5.22. The zero-order chi connectivity index (χ0) is 15.9. The predicted molar refractivity (Wildman–Crippen MR) is 32.9 cm³/mol. The molecular weight excluding hydrogens is 316 g/mol. The number of rotatable bonds is 3. The Morgan fingerprint density at radius 3 is 1.05 bits per heavy atom. The lowest BCUT2D eigenvalue weighted by atomic mass is 10.2. The van der Waals surface area contributed by atoms with Crippen molar-refractivity contribution in [3.63, 3.8) is 0 Å². The molecule has 0 saturated carbocycles. The van der Waals surface area contributed by atoms with Gasteiger partial charge in [0.05, 0.1) is 0 Å². The SMILES string of the molecule is FC(F)(F)C(F)(F)COC(F)(C(F)(F)F)C(F)(F)F. The van der Waals surface area contributed by atoms with Crippen LogP contribution in [0.15, 0.2) is 0 Å². The maximum Gasteiger partial charge on any atom is 0.458 e.